The fourth-order valence-electron chi connectivity index (χ4n) is 3.92. The van der Waals surface area contributed by atoms with Gasteiger partial charge < -0.3 is 39.8 Å². The monoisotopic (exact) mass is 623 g/mol. The van der Waals surface area contributed by atoms with Crippen LogP contribution in [0.5, 0.6) is 11.5 Å². The highest BCUT2D eigenvalue weighted by Crippen LogP contribution is 2.40. The van der Waals surface area contributed by atoms with Gasteiger partial charge in [-0.25, -0.2) is 9.59 Å². The largest absolute Gasteiger partial charge is 0.575 e. The number of esters is 2. The van der Waals surface area contributed by atoms with Crippen LogP contribution in [0.15, 0.2) is 51.2 Å². The normalized spacial score (nSPS) is 22.3. The Labute approximate surface area is 245 Å². The molecular formula is C24H30N7O11P. The summed E-state index contributed by atoms with van der Waals surface area (Å²) >= 11 is 0. The molecule has 1 unspecified atom stereocenters. The Morgan fingerprint density at radius 1 is 1.26 bits per heavy atom. The van der Waals surface area contributed by atoms with Crippen molar-refractivity contribution in [2.24, 2.45) is 9.86 Å². The van der Waals surface area contributed by atoms with Gasteiger partial charge in [0.2, 0.25) is 11.5 Å². The van der Waals surface area contributed by atoms with Crippen molar-refractivity contribution in [3.63, 3.8) is 0 Å². The van der Waals surface area contributed by atoms with Crippen LogP contribution in [0, 0.1) is 0 Å². The number of aromatic nitrogens is 2. The molecule has 1 saturated heterocycles. The molecule has 0 radical (unpaired) electrons. The van der Waals surface area contributed by atoms with Gasteiger partial charge in [0, 0.05) is 17.5 Å². The van der Waals surface area contributed by atoms with Gasteiger partial charge in [-0.3, -0.25) is 13.9 Å². The van der Waals surface area contributed by atoms with Gasteiger partial charge in [-0.15, -0.1) is 0 Å². The predicted octanol–water partition coefficient (Wildman–Crippen LogP) is 0.671. The number of hydrogen-bond donors (Lipinski definition) is 3. The van der Waals surface area contributed by atoms with Gasteiger partial charge in [0.15, 0.2) is 18.0 Å². The van der Waals surface area contributed by atoms with Crippen molar-refractivity contribution < 1.29 is 48.2 Å². The average Bonchev–Trinajstić information content (AvgIpc) is 3.20. The van der Waals surface area contributed by atoms with E-state index in [0.717, 1.165) is 4.57 Å². The number of azide groups is 1. The van der Waals surface area contributed by atoms with Crippen molar-refractivity contribution in [1.82, 2.24) is 9.55 Å². The standard InChI is InChI=1S/C24H30N7O11P/c1-3-38-18(32)10-9-14(22(35)39-4-2)28-43(37)42-16-8-6-5-7-15(16)40-13-24(29-30-26)20(34)19(33)21(41-24)31-12-11-17(25)27-23(31)36/h5-8,11-12,14,19-21,33-34H,3-4,9-10,13H2,1-2H3,(H2,25,27,36)/t14-,19+,20-,21+,24+/m0/s1. The van der Waals surface area contributed by atoms with E-state index >= 15 is 0 Å². The number of rotatable bonds is 14. The minimum atomic E-state index is -2.91. The SMILES string of the molecule is CCOC(=O)CC[C@H](N=[P+]([O-])Oc1ccccc1OC[C@@]1(N=[N+]=[N-])O[C@@H](n2ccc(N)nc2=O)[C@H](O)[C@@H]1O)C(=O)OCC. The average molecular weight is 624 g/mol. The molecule has 0 saturated carbocycles. The van der Waals surface area contributed by atoms with E-state index in [-0.39, 0.29) is 43.4 Å². The van der Waals surface area contributed by atoms with Crippen molar-refractivity contribution in [2.75, 3.05) is 25.6 Å². The molecule has 19 heteroatoms. The molecule has 3 rings (SSSR count). The number of para-hydroxylation sites is 2. The second kappa shape index (κ2) is 15.2. The number of ether oxygens (including phenoxy) is 4. The second-order valence-electron chi connectivity index (χ2n) is 8.81. The number of anilines is 1. The molecule has 0 spiro atoms. The summed E-state index contributed by atoms with van der Waals surface area (Å²) in [6.45, 7) is 2.67. The van der Waals surface area contributed by atoms with E-state index in [4.69, 9.17) is 29.2 Å². The lowest BCUT2D eigenvalue weighted by molar-refractivity contribution is -0.170. The van der Waals surface area contributed by atoms with Crippen LogP contribution in [0.1, 0.15) is 32.9 Å². The molecule has 232 valence electrons. The third kappa shape index (κ3) is 8.38. The Hall–Kier alpha value is -4.31. The first-order chi connectivity index (χ1) is 20.5. The van der Waals surface area contributed by atoms with Gasteiger partial charge in [0.05, 0.1) is 13.2 Å². The van der Waals surface area contributed by atoms with Crippen LogP contribution < -0.4 is 25.6 Å². The van der Waals surface area contributed by atoms with Crippen molar-refractivity contribution in [3.05, 3.63) is 57.5 Å². The fraction of sp³-hybridized carbons (Fsp3) is 0.500. The fourth-order valence-corrected chi connectivity index (χ4v) is 4.72. The summed E-state index contributed by atoms with van der Waals surface area (Å²) in [5.41, 5.74) is 11.5. The molecule has 2 heterocycles. The molecule has 1 aliphatic rings. The lowest BCUT2D eigenvalue weighted by Gasteiger charge is -2.26. The first-order valence-corrected chi connectivity index (χ1v) is 14.0. The van der Waals surface area contributed by atoms with E-state index < -0.39 is 62.6 Å². The molecule has 2 aromatic rings. The van der Waals surface area contributed by atoms with E-state index in [0.29, 0.717) is 0 Å². The van der Waals surface area contributed by atoms with Crippen LogP contribution in [-0.4, -0.2) is 75.5 Å². The first-order valence-electron chi connectivity index (χ1n) is 12.9. The Balaban J connectivity index is 1.81. The van der Waals surface area contributed by atoms with Gasteiger partial charge in [-0.2, -0.15) is 4.98 Å². The number of aliphatic hydroxyl groups excluding tert-OH is 2. The summed E-state index contributed by atoms with van der Waals surface area (Å²) in [5, 5.41) is 24.9. The van der Waals surface area contributed by atoms with Crippen molar-refractivity contribution in [2.45, 2.75) is 56.9 Å². The van der Waals surface area contributed by atoms with Crippen molar-refractivity contribution in [1.29, 1.82) is 0 Å². The molecule has 6 atom stereocenters. The Bertz CT molecular complexity index is 1430. The van der Waals surface area contributed by atoms with E-state index in [9.17, 15) is 35.0 Å². The minimum Gasteiger partial charge on any atom is -0.575 e. The zero-order valence-corrected chi connectivity index (χ0v) is 24.0. The molecule has 18 nitrogen and oxygen atoms in total. The number of benzene rings is 1. The number of nitrogens with two attached hydrogens (primary N) is 1. The number of hydrogen-bond acceptors (Lipinski definition) is 15. The highest BCUT2D eigenvalue weighted by molar-refractivity contribution is 7.34. The Morgan fingerprint density at radius 3 is 2.60 bits per heavy atom. The summed E-state index contributed by atoms with van der Waals surface area (Å²) in [7, 11) is -2.91. The van der Waals surface area contributed by atoms with Crippen LogP contribution in [-0.2, 0) is 23.8 Å². The molecule has 1 aliphatic heterocycles. The highest BCUT2D eigenvalue weighted by Gasteiger charge is 2.56. The maximum atomic E-state index is 12.8. The summed E-state index contributed by atoms with van der Waals surface area (Å²) in [6, 6.07) is 5.75. The topological polar surface area (TPSA) is 266 Å². The molecule has 1 aromatic carbocycles. The predicted molar refractivity (Wildman–Crippen MR) is 145 cm³/mol. The summed E-state index contributed by atoms with van der Waals surface area (Å²) < 4.78 is 31.3. The smallest absolute Gasteiger partial charge is 0.395 e. The number of carbonyl (C=O) groups excluding carboxylic acids is 2. The number of carbonyl (C=O) groups is 2. The quantitative estimate of drug-likeness (QED) is 0.0859. The maximum Gasteiger partial charge on any atom is 0.395 e. The number of aliphatic hydroxyl groups is 2. The van der Waals surface area contributed by atoms with E-state index in [2.05, 4.69) is 19.8 Å². The summed E-state index contributed by atoms with van der Waals surface area (Å²) in [6.07, 6.45) is -4.30. The van der Waals surface area contributed by atoms with Crippen LogP contribution in [0.2, 0.25) is 0 Å². The molecule has 0 aliphatic carbocycles. The Kier molecular flexibility index (Phi) is 11.8. The molecular weight excluding hydrogens is 593 g/mol. The third-order valence-electron chi connectivity index (χ3n) is 5.92. The van der Waals surface area contributed by atoms with Gasteiger partial charge in [-0.1, -0.05) is 22.0 Å². The van der Waals surface area contributed by atoms with Gasteiger partial charge in [-0.05, 0) is 44.0 Å². The maximum absolute atomic E-state index is 12.8. The van der Waals surface area contributed by atoms with E-state index in [1.165, 1.54) is 36.5 Å². The van der Waals surface area contributed by atoms with Gasteiger partial charge >= 0.3 is 25.8 Å². The molecule has 0 amide bonds. The molecule has 0 bridgehead atoms. The lowest BCUT2D eigenvalue weighted by atomic mass is 10.1. The number of nitrogen functional groups attached to an aromatic ring is 1. The highest BCUT2D eigenvalue weighted by atomic mass is 31.1. The molecule has 4 N–H and O–H groups in total. The van der Waals surface area contributed by atoms with Crippen LogP contribution in [0.25, 0.3) is 10.4 Å². The molecule has 1 fully saturated rings. The third-order valence-corrected chi connectivity index (χ3v) is 6.74. The second-order valence-corrected chi connectivity index (χ2v) is 9.70. The zero-order chi connectivity index (χ0) is 31.6. The molecule has 43 heavy (non-hydrogen) atoms. The first kappa shape index (κ1) is 33.2. The summed E-state index contributed by atoms with van der Waals surface area (Å²) in [4.78, 5) is 55.4. The van der Waals surface area contributed by atoms with Gasteiger partial charge in [0.25, 0.3) is 0 Å². The molecule has 1 aromatic heterocycles. The number of nitrogens with zero attached hydrogens (tertiary/aromatic N) is 6. The van der Waals surface area contributed by atoms with E-state index in [1.807, 2.05) is 0 Å². The van der Waals surface area contributed by atoms with Crippen LogP contribution >= 0.6 is 8.17 Å². The van der Waals surface area contributed by atoms with Crippen molar-refractivity contribution >= 4 is 25.9 Å². The minimum absolute atomic E-state index is 0.0262. The summed E-state index contributed by atoms with van der Waals surface area (Å²) in [5.74, 6) is -1.67. The van der Waals surface area contributed by atoms with Crippen molar-refractivity contribution in [3.8, 4) is 11.5 Å². The zero-order valence-electron chi connectivity index (χ0n) is 23.1. The van der Waals surface area contributed by atoms with Gasteiger partial charge in [0.1, 0.15) is 24.6 Å². The lowest BCUT2D eigenvalue weighted by Crippen LogP contribution is -2.46. The Morgan fingerprint density at radius 2 is 1.95 bits per heavy atom. The van der Waals surface area contributed by atoms with Crippen LogP contribution in [0.4, 0.5) is 5.82 Å². The van der Waals surface area contributed by atoms with E-state index in [1.54, 1.807) is 13.8 Å². The van der Waals surface area contributed by atoms with Crippen LogP contribution in [0.3, 0.4) is 0 Å².